The van der Waals surface area contributed by atoms with E-state index in [1.807, 2.05) is 6.92 Å². The van der Waals surface area contributed by atoms with E-state index in [0.717, 1.165) is 6.42 Å². The van der Waals surface area contributed by atoms with Gasteiger partial charge < -0.3 is 9.84 Å². The van der Waals surface area contributed by atoms with Crippen LogP contribution in [0.2, 0.25) is 0 Å². The van der Waals surface area contributed by atoms with Crippen molar-refractivity contribution in [3.05, 3.63) is 0 Å². The number of aliphatic hydroxyl groups excluding tert-OH is 1. The molecule has 1 N–H and O–H groups in total. The van der Waals surface area contributed by atoms with Crippen LogP contribution in [0, 0.1) is 11.8 Å². The Morgan fingerprint density at radius 2 is 2.31 bits per heavy atom. The Balaban J connectivity index is 2.51. The molecule has 0 amide bonds. The van der Waals surface area contributed by atoms with Crippen molar-refractivity contribution in [1.29, 1.82) is 0 Å². The average Bonchev–Trinajstić information content (AvgIpc) is 2.32. The van der Waals surface area contributed by atoms with Gasteiger partial charge in [-0.3, -0.25) is 4.79 Å². The van der Waals surface area contributed by atoms with Crippen LogP contribution >= 0.6 is 0 Å². The summed E-state index contributed by atoms with van der Waals surface area (Å²) in [6.45, 7) is 6.21. The van der Waals surface area contributed by atoms with Crippen molar-refractivity contribution < 1.29 is 14.6 Å². The fourth-order valence-electron chi connectivity index (χ4n) is 1.68. The zero-order valence-corrected chi connectivity index (χ0v) is 8.54. The summed E-state index contributed by atoms with van der Waals surface area (Å²) in [5.74, 6) is 0.344. The fourth-order valence-corrected chi connectivity index (χ4v) is 1.68. The maximum absolute atomic E-state index is 11.7. The van der Waals surface area contributed by atoms with Gasteiger partial charge in [0.15, 0.2) is 5.78 Å². The number of ether oxygens (including phenoxy) is 1. The maximum Gasteiger partial charge on any atom is 0.169 e. The van der Waals surface area contributed by atoms with E-state index in [-0.39, 0.29) is 24.2 Å². The van der Waals surface area contributed by atoms with Crippen LogP contribution in [0.25, 0.3) is 0 Å². The standard InChI is InChI=1S/C10H18O3/c1-7(5-11)4-8-6-13-10(2,3)9(8)12/h7-8,11H,4-6H2,1-3H3. The maximum atomic E-state index is 11.7. The minimum atomic E-state index is -0.611. The van der Waals surface area contributed by atoms with Crippen molar-refractivity contribution in [2.24, 2.45) is 11.8 Å². The molecule has 0 aromatic rings. The zero-order valence-electron chi connectivity index (χ0n) is 8.54. The summed E-state index contributed by atoms with van der Waals surface area (Å²) in [6.07, 6.45) is 0.735. The molecule has 0 aliphatic carbocycles. The summed E-state index contributed by atoms with van der Waals surface area (Å²) in [7, 11) is 0. The van der Waals surface area contributed by atoms with Crippen LogP contribution in [0.4, 0.5) is 0 Å². The van der Waals surface area contributed by atoms with E-state index in [9.17, 15) is 4.79 Å². The summed E-state index contributed by atoms with van der Waals surface area (Å²) in [6, 6.07) is 0. The molecule has 2 unspecified atom stereocenters. The van der Waals surface area contributed by atoms with E-state index >= 15 is 0 Å². The van der Waals surface area contributed by atoms with Crippen molar-refractivity contribution in [2.75, 3.05) is 13.2 Å². The molecule has 1 fully saturated rings. The average molecular weight is 186 g/mol. The van der Waals surface area contributed by atoms with Crippen LogP contribution < -0.4 is 0 Å². The molecule has 1 aliphatic heterocycles. The number of aliphatic hydroxyl groups is 1. The van der Waals surface area contributed by atoms with Gasteiger partial charge in [-0.05, 0) is 26.2 Å². The van der Waals surface area contributed by atoms with E-state index in [1.165, 1.54) is 0 Å². The highest BCUT2D eigenvalue weighted by molar-refractivity contribution is 5.90. The summed E-state index contributed by atoms with van der Waals surface area (Å²) in [4.78, 5) is 11.7. The van der Waals surface area contributed by atoms with Gasteiger partial charge in [0.25, 0.3) is 0 Å². The van der Waals surface area contributed by atoms with E-state index in [2.05, 4.69) is 0 Å². The zero-order chi connectivity index (χ0) is 10.1. The molecule has 0 spiro atoms. The van der Waals surface area contributed by atoms with E-state index in [0.29, 0.717) is 6.61 Å². The van der Waals surface area contributed by atoms with E-state index in [1.54, 1.807) is 13.8 Å². The molecule has 13 heavy (non-hydrogen) atoms. The first-order valence-corrected chi connectivity index (χ1v) is 4.76. The topological polar surface area (TPSA) is 46.5 Å². The van der Waals surface area contributed by atoms with Crippen molar-refractivity contribution in [3.8, 4) is 0 Å². The van der Waals surface area contributed by atoms with Gasteiger partial charge in [0.05, 0.1) is 6.61 Å². The normalized spacial score (nSPS) is 29.2. The molecule has 1 aliphatic rings. The third kappa shape index (κ3) is 2.29. The molecule has 1 heterocycles. The predicted octanol–water partition coefficient (Wildman–Crippen LogP) is 0.999. The van der Waals surface area contributed by atoms with Crippen LogP contribution in [0.15, 0.2) is 0 Å². The second kappa shape index (κ2) is 3.76. The van der Waals surface area contributed by atoms with Crippen LogP contribution in [-0.2, 0) is 9.53 Å². The lowest BCUT2D eigenvalue weighted by atomic mass is 9.89. The van der Waals surface area contributed by atoms with Gasteiger partial charge in [-0.1, -0.05) is 6.92 Å². The summed E-state index contributed by atoms with van der Waals surface area (Å²) in [5, 5.41) is 8.86. The van der Waals surface area contributed by atoms with Crippen LogP contribution in [0.3, 0.4) is 0 Å². The Morgan fingerprint density at radius 1 is 1.69 bits per heavy atom. The van der Waals surface area contributed by atoms with Crippen LogP contribution in [0.1, 0.15) is 27.2 Å². The predicted molar refractivity (Wildman–Crippen MR) is 49.4 cm³/mol. The highest BCUT2D eigenvalue weighted by Gasteiger charge is 2.41. The highest BCUT2D eigenvalue weighted by Crippen LogP contribution is 2.29. The Hall–Kier alpha value is -0.410. The third-order valence-electron chi connectivity index (χ3n) is 2.61. The van der Waals surface area contributed by atoms with Gasteiger partial charge in [-0.2, -0.15) is 0 Å². The largest absolute Gasteiger partial charge is 0.396 e. The Bertz CT molecular complexity index is 198. The van der Waals surface area contributed by atoms with Gasteiger partial charge in [0, 0.05) is 12.5 Å². The minimum absolute atomic E-state index is 0.0165. The first-order chi connectivity index (χ1) is 5.97. The number of rotatable bonds is 3. The van der Waals surface area contributed by atoms with Crippen molar-refractivity contribution in [2.45, 2.75) is 32.8 Å². The molecule has 0 aromatic carbocycles. The van der Waals surface area contributed by atoms with Gasteiger partial charge >= 0.3 is 0 Å². The van der Waals surface area contributed by atoms with Gasteiger partial charge in [-0.25, -0.2) is 0 Å². The lowest BCUT2D eigenvalue weighted by Gasteiger charge is -2.15. The van der Waals surface area contributed by atoms with Crippen molar-refractivity contribution >= 4 is 5.78 Å². The molecule has 0 bridgehead atoms. The van der Waals surface area contributed by atoms with E-state index in [4.69, 9.17) is 9.84 Å². The quantitative estimate of drug-likeness (QED) is 0.715. The molecular weight excluding hydrogens is 168 g/mol. The smallest absolute Gasteiger partial charge is 0.169 e. The second-order valence-corrected chi connectivity index (χ2v) is 4.41. The van der Waals surface area contributed by atoms with Crippen LogP contribution in [0.5, 0.6) is 0 Å². The number of Topliss-reactive ketones (excluding diaryl/α,β-unsaturated/α-hetero) is 1. The third-order valence-corrected chi connectivity index (χ3v) is 2.61. The molecule has 1 saturated heterocycles. The fraction of sp³-hybridized carbons (Fsp3) is 0.900. The lowest BCUT2D eigenvalue weighted by molar-refractivity contribution is -0.130. The number of carbonyl (C=O) groups is 1. The molecule has 2 atom stereocenters. The summed E-state index contributed by atoms with van der Waals surface area (Å²) in [5.41, 5.74) is -0.611. The summed E-state index contributed by atoms with van der Waals surface area (Å²) < 4.78 is 5.38. The Kier molecular flexibility index (Phi) is 3.09. The van der Waals surface area contributed by atoms with E-state index < -0.39 is 5.60 Å². The van der Waals surface area contributed by atoms with Crippen molar-refractivity contribution in [3.63, 3.8) is 0 Å². The molecule has 76 valence electrons. The first-order valence-electron chi connectivity index (χ1n) is 4.76. The number of carbonyl (C=O) groups excluding carboxylic acids is 1. The molecular formula is C10H18O3. The number of hydrogen-bond acceptors (Lipinski definition) is 3. The lowest BCUT2D eigenvalue weighted by Crippen LogP contribution is -2.30. The first kappa shape index (κ1) is 10.7. The molecule has 0 radical (unpaired) electrons. The molecule has 0 saturated carbocycles. The molecule has 3 nitrogen and oxygen atoms in total. The highest BCUT2D eigenvalue weighted by atomic mass is 16.5. The van der Waals surface area contributed by atoms with Crippen LogP contribution in [-0.4, -0.2) is 29.7 Å². The Labute approximate surface area is 79.1 Å². The molecule has 1 rings (SSSR count). The molecule has 0 aromatic heterocycles. The van der Waals surface area contributed by atoms with Gasteiger partial charge in [0.1, 0.15) is 5.60 Å². The van der Waals surface area contributed by atoms with Gasteiger partial charge in [-0.15, -0.1) is 0 Å². The number of hydrogen-bond donors (Lipinski definition) is 1. The monoisotopic (exact) mass is 186 g/mol. The van der Waals surface area contributed by atoms with Crippen molar-refractivity contribution in [1.82, 2.24) is 0 Å². The van der Waals surface area contributed by atoms with Gasteiger partial charge in [0.2, 0.25) is 0 Å². The SMILES string of the molecule is CC(CO)CC1COC(C)(C)C1=O. The second-order valence-electron chi connectivity index (χ2n) is 4.41. The number of ketones is 1. The minimum Gasteiger partial charge on any atom is -0.396 e. The summed E-state index contributed by atoms with van der Waals surface area (Å²) >= 11 is 0. The Morgan fingerprint density at radius 3 is 2.69 bits per heavy atom. The molecule has 3 heteroatoms.